The molecule has 7 heteroatoms. The zero-order valence-electron chi connectivity index (χ0n) is 14.4. The molecule has 0 aromatic heterocycles. The lowest BCUT2D eigenvalue weighted by Gasteiger charge is -2.24. The average molecular weight is 365 g/mol. The number of thioether (sulfide) groups is 1. The van der Waals surface area contributed by atoms with E-state index < -0.39 is 17.9 Å². The van der Waals surface area contributed by atoms with Crippen LogP contribution >= 0.6 is 11.8 Å². The third-order valence-electron chi connectivity index (χ3n) is 4.12. The van der Waals surface area contributed by atoms with E-state index in [4.69, 9.17) is 4.74 Å². The monoisotopic (exact) mass is 365 g/mol. The summed E-state index contributed by atoms with van der Waals surface area (Å²) >= 11 is 1.08. The van der Waals surface area contributed by atoms with E-state index in [9.17, 15) is 19.5 Å². The third kappa shape index (κ3) is 5.57. The second-order valence-electron chi connectivity index (χ2n) is 6.20. The van der Waals surface area contributed by atoms with Crippen LogP contribution in [0.15, 0.2) is 30.3 Å². The number of benzene rings is 1. The number of likely N-dealkylation sites (tertiary alicyclic amines) is 1. The topological polar surface area (TPSA) is 83.9 Å². The molecule has 1 N–H and O–H groups in total. The largest absolute Gasteiger partial charge is 0.480 e. The van der Waals surface area contributed by atoms with Gasteiger partial charge < -0.3 is 14.7 Å². The smallest absolute Gasteiger partial charge is 0.326 e. The van der Waals surface area contributed by atoms with Crippen molar-refractivity contribution in [1.82, 2.24) is 4.90 Å². The number of carboxylic acids is 1. The molecule has 1 aromatic carbocycles. The van der Waals surface area contributed by atoms with Gasteiger partial charge in [0.1, 0.15) is 6.04 Å². The molecule has 6 nitrogen and oxygen atoms in total. The number of hydrogen-bond acceptors (Lipinski definition) is 5. The van der Waals surface area contributed by atoms with Crippen molar-refractivity contribution in [3.63, 3.8) is 0 Å². The molecule has 2 rings (SSSR count). The summed E-state index contributed by atoms with van der Waals surface area (Å²) in [5.41, 5.74) is 1.00. The highest BCUT2D eigenvalue weighted by Crippen LogP contribution is 2.25. The lowest BCUT2D eigenvalue weighted by molar-refractivity contribution is -0.149. The van der Waals surface area contributed by atoms with Gasteiger partial charge in [0.05, 0.1) is 12.7 Å². The van der Waals surface area contributed by atoms with Crippen LogP contribution in [-0.2, 0) is 25.7 Å². The van der Waals surface area contributed by atoms with Crippen molar-refractivity contribution >= 4 is 28.8 Å². The first-order chi connectivity index (χ1) is 11.9. The van der Waals surface area contributed by atoms with E-state index >= 15 is 0 Å². The summed E-state index contributed by atoms with van der Waals surface area (Å²) in [6, 6.07) is 8.74. The van der Waals surface area contributed by atoms with E-state index in [1.807, 2.05) is 30.3 Å². The van der Waals surface area contributed by atoms with Crippen molar-refractivity contribution in [3.05, 3.63) is 35.9 Å². The Balaban J connectivity index is 1.95. The fourth-order valence-corrected chi connectivity index (χ4v) is 3.41. The van der Waals surface area contributed by atoms with Crippen LogP contribution in [0.3, 0.4) is 0 Å². The summed E-state index contributed by atoms with van der Waals surface area (Å²) in [6.07, 6.45) is -0.0292. The Labute approximate surface area is 151 Å². The van der Waals surface area contributed by atoms with Gasteiger partial charge in [0.25, 0.3) is 0 Å². The number of rotatable bonds is 7. The second kappa shape index (κ2) is 9.01. The van der Waals surface area contributed by atoms with Crippen LogP contribution in [0.2, 0.25) is 0 Å². The summed E-state index contributed by atoms with van der Waals surface area (Å²) in [5, 5.41) is 9.37. The number of hydrogen-bond donors (Lipinski definition) is 1. The van der Waals surface area contributed by atoms with Crippen molar-refractivity contribution in [2.75, 3.05) is 12.3 Å². The Morgan fingerprint density at radius 1 is 1.32 bits per heavy atom. The van der Waals surface area contributed by atoms with Gasteiger partial charge in [0, 0.05) is 31.6 Å². The third-order valence-corrected chi connectivity index (χ3v) is 5.19. The maximum Gasteiger partial charge on any atom is 0.326 e. The van der Waals surface area contributed by atoms with E-state index in [0.29, 0.717) is 12.4 Å². The van der Waals surface area contributed by atoms with Gasteiger partial charge in [-0.2, -0.15) is 0 Å². The van der Waals surface area contributed by atoms with E-state index in [1.165, 1.54) is 11.8 Å². The molecule has 1 heterocycles. The van der Waals surface area contributed by atoms with Crippen molar-refractivity contribution in [2.45, 2.75) is 39.0 Å². The number of nitrogens with zero attached hydrogens (tertiary/aromatic N) is 1. The molecule has 1 aromatic rings. The minimum Gasteiger partial charge on any atom is -0.480 e. The van der Waals surface area contributed by atoms with Gasteiger partial charge in [0.15, 0.2) is 5.12 Å². The van der Waals surface area contributed by atoms with E-state index in [-0.39, 0.29) is 30.1 Å². The molecule has 1 amide bonds. The quantitative estimate of drug-likeness (QED) is 0.797. The van der Waals surface area contributed by atoms with Crippen molar-refractivity contribution in [1.29, 1.82) is 0 Å². The summed E-state index contributed by atoms with van der Waals surface area (Å²) in [4.78, 5) is 36.5. The maximum atomic E-state index is 12.6. The molecule has 1 fully saturated rings. The molecule has 0 saturated carbocycles. The Bertz CT molecular complexity index is 621. The number of carbonyl (C=O) groups excluding carboxylic acids is 2. The predicted molar refractivity (Wildman–Crippen MR) is 95.1 cm³/mol. The van der Waals surface area contributed by atoms with Crippen LogP contribution in [0.25, 0.3) is 0 Å². The molecule has 0 bridgehead atoms. The van der Waals surface area contributed by atoms with Gasteiger partial charge in [-0.3, -0.25) is 9.59 Å². The first kappa shape index (κ1) is 19.5. The van der Waals surface area contributed by atoms with E-state index in [0.717, 1.165) is 17.3 Å². The minimum absolute atomic E-state index is 0.0556. The first-order valence-electron chi connectivity index (χ1n) is 8.20. The molecule has 0 spiro atoms. The normalized spacial score (nSPS) is 21.1. The summed E-state index contributed by atoms with van der Waals surface area (Å²) in [7, 11) is 0. The summed E-state index contributed by atoms with van der Waals surface area (Å²) in [6.45, 7) is 3.81. The standard InChI is InChI=1S/C18H23NO5S/c1-12(11-25-13(2)20)17(21)19-9-15(8-16(19)18(22)23)24-10-14-6-4-3-5-7-14/h3-7,12,15-16H,8-11H2,1-2H3,(H,22,23)/t12?,15?,16-/m0/s1. The van der Waals surface area contributed by atoms with Crippen LogP contribution in [0, 0.1) is 5.92 Å². The zero-order valence-corrected chi connectivity index (χ0v) is 15.2. The van der Waals surface area contributed by atoms with Gasteiger partial charge in [-0.15, -0.1) is 0 Å². The van der Waals surface area contributed by atoms with Gasteiger partial charge in [0.2, 0.25) is 5.91 Å². The Hall–Kier alpha value is -1.86. The fourth-order valence-electron chi connectivity index (χ4n) is 2.78. The van der Waals surface area contributed by atoms with Crippen LogP contribution in [0.5, 0.6) is 0 Å². The van der Waals surface area contributed by atoms with Crippen LogP contribution in [-0.4, -0.2) is 51.4 Å². The highest BCUT2D eigenvalue weighted by molar-refractivity contribution is 8.13. The molecular weight excluding hydrogens is 342 g/mol. The van der Waals surface area contributed by atoms with E-state index in [2.05, 4.69) is 0 Å². The molecule has 136 valence electrons. The Kier molecular flexibility index (Phi) is 7.01. The Morgan fingerprint density at radius 2 is 2.00 bits per heavy atom. The first-order valence-corrected chi connectivity index (χ1v) is 9.19. The van der Waals surface area contributed by atoms with E-state index in [1.54, 1.807) is 6.92 Å². The van der Waals surface area contributed by atoms with Gasteiger partial charge in [-0.1, -0.05) is 49.0 Å². The van der Waals surface area contributed by atoms with Crippen LogP contribution in [0.1, 0.15) is 25.8 Å². The molecule has 2 unspecified atom stereocenters. The van der Waals surface area contributed by atoms with Crippen LogP contribution in [0.4, 0.5) is 0 Å². The van der Waals surface area contributed by atoms with Crippen molar-refractivity contribution < 1.29 is 24.2 Å². The molecular formula is C18H23NO5S. The molecule has 0 radical (unpaired) electrons. The second-order valence-corrected chi connectivity index (χ2v) is 7.40. The summed E-state index contributed by atoms with van der Waals surface area (Å²) < 4.78 is 5.81. The predicted octanol–water partition coefficient (Wildman–Crippen LogP) is 2.17. The van der Waals surface area contributed by atoms with Gasteiger partial charge in [-0.25, -0.2) is 4.79 Å². The molecule has 0 aliphatic carbocycles. The molecule has 1 aliphatic heterocycles. The zero-order chi connectivity index (χ0) is 18.4. The number of amides is 1. The van der Waals surface area contributed by atoms with Crippen molar-refractivity contribution in [3.8, 4) is 0 Å². The van der Waals surface area contributed by atoms with Crippen molar-refractivity contribution in [2.24, 2.45) is 5.92 Å². The highest BCUT2D eigenvalue weighted by atomic mass is 32.2. The molecule has 3 atom stereocenters. The maximum absolute atomic E-state index is 12.6. The summed E-state index contributed by atoms with van der Waals surface area (Å²) in [5.74, 6) is -1.33. The average Bonchev–Trinajstić information content (AvgIpc) is 3.02. The highest BCUT2D eigenvalue weighted by Gasteiger charge is 2.41. The Morgan fingerprint density at radius 3 is 2.60 bits per heavy atom. The molecule has 25 heavy (non-hydrogen) atoms. The number of carboxylic acid groups (broad SMARTS) is 1. The van der Waals surface area contributed by atoms with Crippen LogP contribution < -0.4 is 0 Å². The number of carbonyl (C=O) groups is 3. The molecule has 1 saturated heterocycles. The van der Waals surface area contributed by atoms with Gasteiger partial charge >= 0.3 is 5.97 Å². The lowest BCUT2D eigenvalue weighted by atomic mass is 10.1. The SMILES string of the molecule is CC(=O)SCC(C)C(=O)N1CC(OCc2ccccc2)C[C@H]1C(=O)O. The van der Waals surface area contributed by atoms with Gasteiger partial charge in [-0.05, 0) is 5.56 Å². The number of aliphatic carboxylic acids is 1. The fraction of sp³-hybridized carbons (Fsp3) is 0.500. The molecule has 1 aliphatic rings. The minimum atomic E-state index is -1.02. The number of ether oxygens (including phenoxy) is 1. The lowest BCUT2D eigenvalue weighted by Crippen LogP contribution is -2.43.